The number of pyridine rings is 2. The normalized spacial score (nSPS) is 11.4. The Balaban J connectivity index is 1.17. The van der Waals surface area contributed by atoms with Gasteiger partial charge in [-0.05, 0) is 60.7 Å². The maximum absolute atomic E-state index is 12.2. The van der Waals surface area contributed by atoms with Crippen LogP contribution in [0.1, 0.15) is 0 Å². The third-order valence-corrected chi connectivity index (χ3v) is 8.82. The molecule has 4 aromatic carbocycles. The molecule has 0 radical (unpaired) electrons. The van der Waals surface area contributed by atoms with E-state index in [0.717, 1.165) is 28.1 Å². The van der Waals surface area contributed by atoms with Crippen LogP contribution in [0.15, 0.2) is 151 Å². The van der Waals surface area contributed by atoms with Crippen molar-refractivity contribution in [2.24, 2.45) is 0 Å². The van der Waals surface area contributed by atoms with Gasteiger partial charge in [-0.3, -0.25) is 4.57 Å². The van der Waals surface area contributed by atoms with Crippen LogP contribution < -0.4 is 18.9 Å². The number of benzene rings is 4. The zero-order valence-corrected chi connectivity index (χ0v) is 27.8. The zero-order chi connectivity index (χ0) is 34.8. The lowest BCUT2D eigenvalue weighted by molar-refractivity contribution is 0.448. The Bertz CT molecular complexity index is 2470. The Hall–Kier alpha value is -6.79. The minimum Gasteiger partial charge on any atom is -0.457 e. The van der Waals surface area contributed by atoms with E-state index in [2.05, 4.69) is 19.9 Å². The molecule has 0 aliphatic rings. The second-order valence-corrected chi connectivity index (χ2v) is 13.4. The van der Waals surface area contributed by atoms with Gasteiger partial charge >= 0.3 is 0 Å². The van der Waals surface area contributed by atoms with Crippen molar-refractivity contribution < 1.29 is 27.4 Å². The summed E-state index contributed by atoms with van der Waals surface area (Å²) < 4.78 is 50.6. The van der Waals surface area contributed by atoms with Crippen LogP contribution in [0.5, 0.6) is 46.3 Å². The number of nitrogens with zero attached hydrogens (tertiary/aromatic N) is 5. The summed E-state index contributed by atoms with van der Waals surface area (Å²) in [5.41, 5.74) is 1.47. The molecule has 0 saturated carbocycles. The summed E-state index contributed by atoms with van der Waals surface area (Å²) in [6.07, 6.45) is 7.04. The molecule has 4 heterocycles. The van der Waals surface area contributed by atoms with Crippen LogP contribution >= 0.6 is 0 Å². The summed E-state index contributed by atoms with van der Waals surface area (Å²) in [6.45, 7) is 0. The Morgan fingerprint density at radius 3 is 1.37 bits per heavy atom. The molecule has 0 spiro atoms. The molecule has 0 aliphatic heterocycles. The van der Waals surface area contributed by atoms with Crippen molar-refractivity contribution in [2.75, 3.05) is 6.26 Å². The lowest BCUT2D eigenvalue weighted by Gasteiger charge is -2.11. The van der Waals surface area contributed by atoms with Gasteiger partial charge in [0.15, 0.2) is 9.84 Å². The fourth-order valence-corrected chi connectivity index (χ4v) is 5.96. The van der Waals surface area contributed by atoms with E-state index in [-0.39, 0.29) is 10.8 Å². The fraction of sp³-hybridized carbons (Fsp3) is 0.0256. The molecule has 0 atom stereocenters. The predicted octanol–water partition coefficient (Wildman–Crippen LogP) is 8.94. The molecule has 11 nitrogen and oxygen atoms in total. The van der Waals surface area contributed by atoms with Crippen molar-refractivity contribution in [1.29, 1.82) is 0 Å². The highest BCUT2D eigenvalue weighted by molar-refractivity contribution is 7.90. The van der Waals surface area contributed by atoms with E-state index in [9.17, 15) is 8.42 Å². The number of aromatic nitrogens is 5. The second-order valence-electron chi connectivity index (χ2n) is 11.4. The van der Waals surface area contributed by atoms with E-state index in [1.165, 1.54) is 12.4 Å². The van der Waals surface area contributed by atoms with E-state index in [4.69, 9.17) is 18.9 Å². The largest absolute Gasteiger partial charge is 0.457 e. The number of rotatable bonds is 10. The maximum atomic E-state index is 12.2. The number of sulfone groups is 1. The van der Waals surface area contributed by atoms with Gasteiger partial charge in [-0.25, -0.2) is 28.4 Å². The van der Waals surface area contributed by atoms with Gasteiger partial charge in [0.1, 0.15) is 39.4 Å². The van der Waals surface area contributed by atoms with Gasteiger partial charge in [-0.15, -0.1) is 0 Å². The molecule has 0 aliphatic carbocycles. The molecule has 4 aromatic heterocycles. The molecule has 0 bridgehead atoms. The highest BCUT2D eigenvalue weighted by atomic mass is 32.2. The molecule has 0 fully saturated rings. The maximum Gasteiger partial charge on any atom is 0.234 e. The first-order chi connectivity index (χ1) is 24.9. The average molecular weight is 694 g/mol. The minimum absolute atomic E-state index is 0.0145. The topological polar surface area (TPSA) is 128 Å². The predicted molar refractivity (Wildman–Crippen MR) is 191 cm³/mol. The molecule has 8 rings (SSSR count). The lowest BCUT2D eigenvalue weighted by Crippen LogP contribution is -2.04. The summed E-state index contributed by atoms with van der Waals surface area (Å²) in [7, 11) is -3.51. The van der Waals surface area contributed by atoms with E-state index >= 15 is 0 Å². The van der Waals surface area contributed by atoms with Gasteiger partial charge < -0.3 is 18.9 Å². The third kappa shape index (κ3) is 6.89. The molecule has 0 N–H and O–H groups in total. The van der Waals surface area contributed by atoms with Crippen LogP contribution in [0.2, 0.25) is 0 Å². The van der Waals surface area contributed by atoms with Gasteiger partial charge in [-0.2, -0.15) is 0 Å². The Morgan fingerprint density at radius 2 is 0.941 bits per heavy atom. The Morgan fingerprint density at radius 1 is 0.490 bits per heavy atom. The Kier molecular flexibility index (Phi) is 8.18. The second kappa shape index (κ2) is 13.3. The summed E-state index contributed by atoms with van der Waals surface area (Å²) in [6, 6.07) is 36.9. The highest BCUT2D eigenvalue weighted by Crippen LogP contribution is 2.38. The first kappa shape index (κ1) is 31.5. The molecule has 0 saturated heterocycles. The van der Waals surface area contributed by atoms with Crippen LogP contribution in [0.3, 0.4) is 0 Å². The van der Waals surface area contributed by atoms with Gasteiger partial charge in [0.05, 0.1) is 23.4 Å². The minimum atomic E-state index is -3.51. The number of hydrogen-bond acceptors (Lipinski definition) is 10. The van der Waals surface area contributed by atoms with Crippen LogP contribution in [-0.2, 0) is 9.84 Å². The SMILES string of the molecule is CS(=O)(=O)c1cnc(-n2c3cc(Oc4cccc(Oc5ccccn5)c4)ccc3c3ccc(Oc4cccc(Oc5ccccn5)c4)cc32)nc1. The van der Waals surface area contributed by atoms with E-state index in [1.54, 1.807) is 36.7 Å². The van der Waals surface area contributed by atoms with E-state index in [1.807, 2.05) is 102 Å². The summed E-state index contributed by atoms with van der Waals surface area (Å²) in [4.78, 5) is 17.4. The molecular formula is C39H27N5O6S. The van der Waals surface area contributed by atoms with Crippen molar-refractivity contribution in [3.8, 4) is 52.2 Å². The highest BCUT2D eigenvalue weighted by Gasteiger charge is 2.18. The van der Waals surface area contributed by atoms with Crippen molar-refractivity contribution in [2.45, 2.75) is 4.90 Å². The fourth-order valence-electron chi connectivity index (χ4n) is 5.47. The molecule has 0 amide bonds. The van der Waals surface area contributed by atoms with Crippen molar-refractivity contribution in [3.63, 3.8) is 0 Å². The first-order valence-electron chi connectivity index (χ1n) is 15.7. The number of fused-ring (bicyclic) bond motifs is 3. The standard InChI is InChI=1S/C39H27N5O6S/c1-51(45,46)32-24-42-39(43-25-32)44-35-22-30(47-26-8-6-10-28(20-26)49-37-12-2-4-18-40-37)14-16-33(35)34-17-15-31(23-36(34)44)48-27-9-7-11-29(21-27)50-38-13-3-5-19-41-38/h2-25H,1H3. The average Bonchev–Trinajstić information content (AvgIpc) is 3.45. The van der Waals surface area contributed by atoms with Crippen molar-refractivity contribution in [3.05, 3.63) is 146 Å². The van der Waals surface area contributed by atoms with Crippen LogP contribution in [-0.4, -0.2) is 39.2 Å². The van der Waals surface area contributed by atoms with Gasteiger partial charge in [0.25, 0.3) is 0 Å². The van der Waals surface area contributed by atoms with Crippen LogP contribution in [0, 0.1) is 0 Å². The quantitative estimate of drug-likeness (QED) is 0.137. The number of ether oxygens (including phenoxy) is 4. The van der Waals surface area contributed by atoms with Crippen molar-refractivity contribution in [1.82, 2.24) is 24.5 Å². The zero-order valence-electron chi connectivity index (χ0n) is 27.0. The van der Waals surface area contributed by atoms with Gasteiger partial charge in [0, 0.05) is 65.8 Å². The molecule has 12 heteroatoms. The first-order valence-corrected chi connectivity index (χ1v) is 17.6. The summed E-state index contributed by atoms with van der Waals surface area (Å²) >= 11 is 0. The van der Waals surface area contributed by atoms with Gasteiger partial charge in [-0.1, -0.05) is 24.3 Å². The monoisotopic (exact) mass is 693 g/mol. The van der Waals surface area contributed by atoms with E-state index < -0.39 is 9.84 Å². The molecular weight excluding hydrogens is 667 g/mol. The molecule has 51 heavy (non-hydrogen) atoms. The third-order valence-electron chi connectivity index (χ3n) is 7.76. The molecule has 8 aromatic rings. The molecule has 0 unspecified atom stereocenters. The van der Waals surface area contributed by atoms with Crippen molar-refractivity contribution >= 4 is 31.6 Å². The van der Waals surface area contributed by atoms with E-state index in [0.29, 0.717) is 46.3 Å². The number of hydrogen-bond donors (Lipinski definition) is 0. The Labute approximate surface area is 292 Å². The summed E-state index contributed by atoms with van der Waals surface area (Å²) in [5.74, 6) is 4.57. The smallest absolute Gasteiger partial charge is 0.234 e. The summed E-state index contributed by atoms with van der Waals surface area (Å²) in [5, 5.41) is 1.80. The van der Waals surface area contributed by atoms with Crippen LogP contribution in [0.25, 0.3) is 27.8 Å². The lowest BCUT2D eigenvalue weighted by atomic mass is 10.1. The van der Waals surface area contributed by atoms with Gasteiger partial charge in [0.2, 0.25) is 17.7 Å². The van der Waals surface area contributed by atoms with Crippen LogP contribution in [0.4, 0.5) is 0 Å². The molecule has 250 valence electrons.